The van der Waals surface area contributed by atoms with E-state index >= 15 is 0 Å². The molecule has 0 amide bonds. The van der Waals surface area contributed by atoms with Crippen molar-refractivity contribution in [3.05, 3.63) is 28.7 Å². The van der Waals surface area contributed by atoms with Crippen LogP contribution in [0.25, 0.3) is 0 Å². The molecule has 18 heavy (non-hydrogen) atoms. The molecule has 4 heteroatoms. The van der Waals surface area contributed by atoms with Gasteiger partial charge in [-0.2, -0.15) is 5.26 Å². The number of halogens is 1. The normalized spacial score (nSPS) is 27.5. The molecule has 0 aliphatic heterocycles. The Morgan fingerprint density at radius 1 is 1.50 bits per heavy atom. The van der Waals surface area contributed by atoms with Crippen molar-refractivity contribution in [2.24, 2.45) is 0 Å². The number of benzene rings is 1. The average molecular weight is 309 g/mol. The summed E-state index contributed by atoms with van der Waals surface area (Å²) in [7, 11) is 1.72. The Morgan fingerprint density at radius 2 is 2.28 bits per heavy atom. The molecule has 0 saturated heterocycles. The van der Waals surface area contributed by atoms with E-state index in [1.54, 1.807) is 7.11 Å². The van der Waals surface area contributed by atoms with E-state index in [0.29, 0.717) is 0 Å². The summed E-state index contributed by atoms with van der Waals surface area (Å²) in [6.45, 7) is 0. The number of ether oxygens (including phenoxy) is 1. The summed E-state index contributed by atoms with van der Waals surface area (Å²) in [5.74, 6) is 0. The van der Waals surface area contributed by atoms with Crippen molar-refractivity contribution in [3.63, 3.8) is 0 Å². The summed E-state index contributed by atoms with van der Waals surface area (Å²) >= 11 is 3.51. The molecule has 1 fully saturated rings. The molecule has 3 nitrogen and oxygen atoms in total. The van der Waals surface area contributed by atoms with Crippen LogP contribution in [0.1, 0.15) is 25.7 Å². The lowest BCUT2D eigenvalue weighted by Gasteiger charge is -2.36. The number of hydrogen-bond acceptors (Lipinski definition) is 3. The van der Waals surface area contributed by atoms with Gasteiger partial charge in [-0.15, -0.1) is 0 Å². The van der Waals surface area contributed by atoms with E-state index in [4.69, 9.17) is 4.74 Å². The standard InChI is InChI=1S/C14H17BrN2O/c1-18-11-5-4-8-14(9-11,10-16)17-13-7-3-2-6-12(13)15/h2-3,6-7,11,17H,4-5,8-9H2,1H3. The van der Waals surface area contributed by atoms with E-state index in [1.807, 2.05) is 24.3 Å². The zero-order valence-electron chi connectivity index (χ0n) is 10.4. The van der Waals surface area contributed by atoms with Crippen LogP contribution in [0.3, 0.4) is 0 Å². The molecule has 1 aliphatic rings. The summed E-state index contributed by atoms with van der Waals surface area (Å²) in [6, 6.07) is 10.3. The Bertz CT molecular complexity index is 457. The van der Waals surface area contributed by atoms with Crippen LogP contribution in [0.15, 0.2) is 28.7 Å². The van der Waals surface area contributed by atoms with Crippen LogP contribution in [0, 0.1) is 11.3 Å². The van der Waals surface area contributed by atoms with Gasteiger partial charge in [0, 0.05) is 23.7 Å². The molecular formula is C14H17BrN2O. The lowest BCUT2D eigenvalue weighted by Crippen LogP contribution is -2.43. The maximum atomic E-state index is 9.52. The number of para-hydroxylation sites is 1. The molecule has 1 N–H and O–H groups in total. The molecule has 0 radical (unpaired) electrons. The average Bonchev–Trinajstić information content (AvgIpc) is 2.42. The Kier molecular flexibility index (Phi) is 4.26. The van der Waals surface area contributed by atoms with Crippen LogP contribution in [0.2, 0.25) is 0 Å². The minimum Gasteiger partial charge on any atom is -0.381 e. The van der Waals surface area contributed by atoms with E-state index in [1.165, 1.54) is 0 Å². The summed E-state index contributed by atoms with van der Waals surface area (Å²) in [5.41, 5.74) is 0.457. The molecule has 0 spiro atoms. The van der Waals surface area contributed by atoms with Gasteiger partial charge in [0.05, 0.1) is 12.2 Å². The van der Waals surface area contributed by atoms with Gasteiger partial charge in [-0.05, 0) is 47.3 Å². The van der Waals surface area contributed by atoms with Crippen molar-refractivity contribution in [3.8, 4) is 6.07 Å². The third-order valence-corrected chi connectivity index (χ3v) is 4.19. The van der Waals surface area contributed by atoms with E-state index < -0.39 is 5.54 Å². The SMILES string of the molecule is COC1CCCC(C#N)(Nc2ccccc2Br)C1. The molecule has 2 rings (SSSR count). The number of hydrogen-bond donors (Lipinski definition) is 1. The molecule has 0 heterocycles. The predicted molar refractivity (Wildman–Crippen MR) is 75.4 cm³/mol. The molecule has 2 unspecified atom stereocenters. The molecule has 0 bridgehead atoms. The lowest BCUT2D eigenvalue weighted by molar-refractivity contribution is 0.0569. The predicted octanol–water partition coefficient (Wildman–Crippen LogP) is 3.71. The van der Waals surface area contributed by atoms with Gasteiger partial charge in [0.1, 0.15) is 5.54 Å². The van der Waals surface area contributed by atoms with Crippen molar-refractivity contribution in [1.82, 2.24) is 0 Å². The Balaban J connectivity index is 2.19. The molecule has 96 valence electrons. The smallest absolute Gasteiger partial charge is 0.127 e. The summed E-state index contributed by atoms with van der Waals surface area (Å²) < 4.78 is 6.40. The second-order valence-electron chi connectivity index (χ2n) is 4.75. The number of rotatable bonds is 3. The molecular weight excluding hydrogens is 292 g/mol. The van der Waals surface area contributed by atoms with Gasteiger partial charge in [-0.25, -0.2) is 0 Å². The largest absolute Gasteiger partial charge is 0.381 e. The van der Waals surface area contributed by atoms with E-state index in [0.717, 1.165) is 35.8 Å². The first-order valence-corrected chi connectivity index (χ1v) is 6.95. The van der Waals surface area contributed by atoms with Gasteiger partial charge in [0.2, 0.25) is 0 Å². The van der Waals surface area contributed by atoms with Crippen LogP contribution < -0.4 is 5.32 Å². The lowest BCUT2D eigenvalue weighted by atomic mass is 9.81. The van der Waals surface area contributed by atoms with E-state index in [2.05, 4.69) is 27.3 Å². The fourth-order valence-electron chi connectivity index (χ4n) is 2.49. The molecule has 1 aliphatic carbocycles. The quantitative estimate of drug-likeness (QED) is 0.925. The maximum absolute atomic E-state index is 9.52. The Labute approximate surface area is 116 Å². The highest BCUT2D eigenvalue weighted by Crippen LogP contribution is 2.34. The Hall–Kier alpha value is -1.05. The van der Waals surface area contributed by atoms with Crippen molar-refractivity contribution < 1.29 is 4.74 Å². The van der Waals surface area contributed by atoms with Gasteiger partial charge in [0.25, 0.3) is 0 Å². The monoisotopic (exact) mass is 308 g/mol. The number of anilines is 1. The highest BCUT2D eigenvalue weighted by Gasteiger charge is 2.37. The zero-order chi connectivity index (χ0) is 13.0. The van der Waals surface area contributed by atoms with Crippen molar-refractivity contribution in [2.75, 3.05) is 12.4 Å². The van der Waals surface area contributed by atoms with Gasteiger partial charge < -0.3 is 10.1 Å². The highest BCUT2D eigenvalue weighted by atomic mass is 79.9. The molecule has 0 aromatic heterocycles. The third kappa shape index (κ3) is 2.85. The van der Waals surface area contributed by atoms with Crippen LogP contribution >= 0.6 is 15.9 Å². The summed E-state index contributed by atoms with van der Waals surface area (Å²) in [6.07, 6.45) is 3.83. The highest BCUT2D eigenvalue weighted by molar-refractivity contribution is 9.10. The Morgan fingerprint density at radius 3 is 2.94 bits per heavy atom. The van der Waals surface area contributed by atoms with Crippen molar-refractivity contribution >= 4 is 21.6 Å². The molecule has 1 aromatic rings. The number of methoxy groups -OCH3 is 1. The molecule has 1 aromatic carbocycles. The fourth-order valence-corrected chi connectivity index (χ4v) is 2.87. The van der Waals surface area contributed by atoms with E-state index in [-0.39, 0.29) is 6.10 Å². The van der Waals surface area contributed by atoms with Crippen LogP contribution in [0.5, 0.6) is 0 Å². The van der Waals surface area contributed by atoms with E-state index in [9.17, 15) is 5.26 Å². The van der Waals surface area contributed by atoms with Gasteiger partial charge in [0.15, 0.2) is 0 Å². The number of nitrogens with zero attached hydrogens (tertiary/aromatic N) is 1. The van der Waals surface area contributed by atoms with Gasteiger partial charge in [-0.1, -0.05) is 12.1 Å². The van der Waals surface area contributed by atoms with Crippen LogP contribution in [0.4, 0.5) is 5.69 Å². The van der Waals surface area contributed by atoms with Gasteiger partial charge >= 0.3 is 0 Å². The molecule has 2 atom stereocenters. The zero-order valence-corrected chi connectivity index (χ0v) is 12.0. The van der Waals surface area contributed by atoms with Crippen molar-refractivity contribution in [1.29, 1.82) is 5.26 Å². The minimum absolute atomic E-state index is 0.174. The van der Waals surface area contributed by atoms with Crippen LogP contribution in [-0.4, -0.2) is 18.8 Å². The number of nitriles is 1. The maximum Gasteiger partial charge on any atom is 0.127 e. The second-order valence-corrected chi connectivity index (χ2v) is 5.61. The summed E-state index contributed by atoms with van der Waals surface area (Å²) in [4.78, 5) is 0. The fraction of sp³-hybridized carbons (Fsp3) is 0.500. The first-order valence-electron chi connectivity index (χ1n) is 6.16. The molecule has 1 saturated carbocycles. The summed E-state index contributed by atoms with van der Waals surface area (Å²) in [5, 5.41) is 12.9. The van der Waals surface area contributed by atoms with Crippen LogP contribution in [-0.2, 0) is 4.74 Å². The first kappa shape index (κ1) is 13.4. The number of nitrogens with one attached hydrogen (secondary N) is 1. The van der Waals surface area contributed by atoms with Gasteiger partial charge in [-0.3, -0.25) is 0 Å². The second kappa shape index (κ2) is 5.73. The third-order valence-electron chi connectivity index (χ3n) is 3.50. The first-order chi connectivity index (χ1) is 8.69. The topological polar surface area (TPSA) is 45.0 Å². The van der Waals surface area contributed by atoms with Crippen molar-refractivity contribution in [2.45, 2.75) is 37.3 Å². The minimum atomic E-state index is -0.511.